The Bertz CT molecular complexity index is 315. The van der Waals surface area contributed by atoms with Crippen LogP contribution in [0.5, 0.6) is 0 Å². The third kappa shape index (κ3) is 1.12. The molecule has 0 radical (unpaired) electrons. The zero-order valence-electron chi connectivity index (χ0n) is 8.55. The summed E-state index contributed by atoms with van der Waals surface area (Å²) in [5.41, 5.74) is 7.35. The molecule has 13 heavy (non-hydrogen) atoms. The Balaban J connectivity index is 2.42. The van der Waals surface area contributed by atoms with Crippen LogP contribution < -0.4 is 5.73 Å². The molecule has 2 rings (SSSR count). The summed E-state index contributed by atoms with van der Waals surface area (Å²) in [5.74, 6) is 1.10. The summed E-state index contributed by atoms with van der Waals surface area (Å²) in [6.45, 7) is 6.26. The first-order valence-electron chi connectivity index (χ1n) is 4.81. The zero-order valence-corrected chi connectivity index (χ0v) is 8.55. The Kier molecular flexibility index (Phi) is 1.62. The van der Waals surface area contributed by atoms with E-state index in [0.717, 1.165) is 18.6 Å². The van der Waals surface area contributed by atoms with Crippen LogP contribution in [-0.4, -0.2) is 5.54 Å². The molecule has 0 amide bonds. The number of hydrogen-bond acceptors (Lipinski definition) is 2. The molecule has 0 aromatic carbocycles. The van der Waals surface area contributed by atoms with E-state index in [1.807, 2.05) is 6.07 Å². The Morgan fingerprint density at radius 1 is 1.46 bits per heavy atom. The van der Waals surface area contributed by atoms with E-state index < -0.39 is 0 Å². The van der Waals surface area contributed by atoms with Gasteiger partial charge in [-0.3, -0.25) is 0 Å². The van der Waals surface area contributed by atoms with Gasteiger partial charge in [-0.15, -0.1) is 0 Å². The van der Waals surface area contributed by atoms with Crippen LogP contribution in [-0.2, 0) is 5.41 Å². The van der Waals surface area contributed by atoms with Crippen molar-refractivity contribution in [1.82, 2.24) is 0 Å². The fraction of sp³-hybridized carbons (Fsp3) is 0.636. The smallest absolute Gasteiger partial charge is 0.114 e. The summed E-state index contributed by atoms with van der Waals surface area (Å²) >= 11 is 0. The van der Waals surface area contributed by atoms with Gasteiger partial charge in [0.2, 0.25) is 0 Å². The molecule has 1 aliphatic carbocycles. The molecule has 0 saturated heterocycles. The molecule has 72 valence electrons. The van der Waals surface area contributed by atoms with Gasteiger partial charge in [0.05, 0.1) is 6.26 Å². The van der Waals surface area contributed by atoms with E-state index in [-0.39, 0.29) is 11.0 Å². The van der Waals surface area contributed by atoms with E-state index in [1.54, 1.807) is 6.26 Å². The number of hydrogen-bond donors (Lipinski definition) is 1. The first kappa shape index (κ1) is 8.82. The largest absolute Gasteiger partial charge is 0.468 e. The van der Waals surface area contributed by atoms with Crippen LogP contribution in [0.3, 0.4) is 0 Å². The van der Waals surface area contributed by atoms with Gasteiger partial charge in [-0.1, -0.05) is 0 Å². The Morgan fingerprint density at radius 2 is 2.08 bits per heavy atom. The first-order valence-corrected chi connectivity index (χ1v) is 4.81. The zero-order chi connectivity index (χ0) is 9.69. The van der Waals surface area contributed by atoms with Crippen LogP contribution in [0, 0.1) is 6.92 Å². The third-order valence-corrected chi connectivity index (χ3v) is 3.28. The van der Waals surface area contributed by atoms with Gasteiger partial charge in [-0.2, -0.15) is 0 Å². The molecule has 2 N–H and O–H groups in total. The molecule has 0 atom stereocenters. The minimum absolute atomic E-state index is 0.112. The quantitative estimate of drug-likeness (QED) is 0.757. The number of aryl methyl sites for hydroxylation is 1. The molecule has 1 heterocycles. The van der Waals surface area contributed by atoms with Crippen molar-refractivity contribution >= 4 is 0 Å². The van der Waals surface area contributed by atoms with Crippen molar-refractivity contribution in [2.24, 2.45) is 5.73 Å². The molecule has 2 nitrogen and oxygen atoms in total. The van der Waals surface area contributed by atoms with E-state index in [9.17, 15) is 0 Å². The van der Waals surface area contributed by atoms with Crippen LogP contribution >= 0.6 is 0 Å². The second kappa shape index (κ2) is 2.38. The highest BCUT2D eigenvalue weighted by Crippen LogP contribution is 2.55. The molecule has 0 bridgehead atoms. The van der Waals surface area contributed by atoms with Crippen LogP contribution in [0.15, 0.2) is 16.7 Å². The summed E-state index contributed by atoms with van der Waals surface area (Å²) < 4.78 is 5.54. The molecule has 1 aromatic heterocycles. The van der Waals surface area contributed by atoms with E-state index in [2.05, 4.69) is 20.8 Å². The molecule has 0 unspecified atom stereocenters. The lowest BCUT2D eigenvalue weighted by Crippen LogP contribution is -2.45. The van der Waals surface area contributed by atoms with Crippen molar-refractivity contribution in [3.05, 3.63) is 23.7 Å². The minimum Gasteiger partial charge on any atom is -0.468 e. The maximum atomic E-state index is 6.18. The summed E-state index contributed by atoms with van der Waals surface area (Å²) in [4.78, 5) is 0. The van der Waals surface area contributed by atoms with E-state index in [0.29, 0.717) is 0 Å². The lowest BCUT2D eigenvalue weighted by Gasteiger charge is -2.29. The molecule has 0 spiro atoms. The van der Waals surface area contributed by atoms with Gasteiger partial charge in [0.15, 0.2) is 0 Å². The topological polar surface area (TPSA) is 39.2 Å². The van der Waals surface area contributed by atoms with Crippen molar-refractivity contribution in [3.8, 4) is 0 Å². The highest BCUT2D eigenvalue weighted by molar-refractivity contribution is 5.34. The van der Waals surface area contributed by atoms with Crippen molar-refractivity contribution < 1.29 is 4.42 Å². The van der Waals surface area contributed by atoms with Crippen molar-refractivity contribution in [1.29, 1.82) is 0 Å². The number of rotatable bonds is 2. The highest BCUT2D eigenvalue weighted by atomic mass is 16.3. The van der Waals surface area contributed by atoms with E-state index in [4.69, 9.17) is 10.2 Å². The summed E-state index contributed by atoms with van der Waals surface area (Å²) in [6.07, 6.45) is 4.08. The van der Waals surface area contributed by atoms with E-state index in [1.165, 1.54) is 5.56 Å². The molecule has 1 aliphatic rings. The lowest BCUT2D eigenvalue weighted by molar-refractivity contribution is 0.326. The van der Waals surface area contributed by atoms with Gasteiger partial charge in [0.25, 0.3) is 0 Å². The standard InChI is InChI=1S/C11H17NO/c1-8-4-7-13-9(8)11(5-6-11)10(2,3)12/h4,7H,5-6,12H2,1-3H3. The van der Waals surface area contributed by atoms with Gasteiger partial charge in [-0.25, -0.2) is 0 Å². The third-order valence-electron chi connectivity index (χ3n) is 3.28. The van der Waals surface area contributed by atoms with Gasteiger partial charge in [-0.05, 0) is 45.2 Å². The Hall–Kier alpha value is -0.760. The predicted octanol–water partition coefficient (Wildman–Crippen LogP) is 2.36. The summed E-state index contributed by atoms with van der Waals surface area (Å²) in [7, 11) is 0. The minimum atomic E-state index is -0.171. The van der Waals surface area contributed by atoms with Crippen LogP contribution in [0.25, 0.3) is 0 Å². The predicted molar refractivity (Wildman–Crippen MR) is 52.6 cm³/mol. The second-order valence-corrected chi connectivity index (χ2v) is 4.74. The number of nitrogens with two attached hydrogens (primary N) is 1. The van der Waals surface area contributed by atoms with Crippen LogP contribution in [0.1, 0.15) is 38.0 Å². The molecule has 1 fully saturated rings. The second-order valence-electron chi connectivity index (χ2n) is 4.74. The average Bonchev–Trinajstić information content (AvgIpc) is 2.70. The molecule has 2 heteroatoms. The van der Waals surface area contributed by atoms with Gasteiger partial charge >= 0.3 is 0 Å². The maximum Gasteiger partial charge on any atom is 0.114 e. The normalized spacial score (nSPS) is 20.3. The molecular weight excluding hydrogens is 162 g/mol. The fourth-order valence-corrected chi connectivity index (χ4v) is 2.15. The molecule has 1 aromatic rings. The van der Waals surface area contributed by atoms with E-state index >= 15 is 0 Å². The molecule has 1 saturated carbocycles. The summed E-state index contributed by atoms with van der Waals surface area (Å²) in [6, 6.07) is 2.02. The molecule has 0 aliphatic heterocycles. The van der Waals surface area contributed by atoms with Gasteiger partial charge in [0.1, 0.15) is 5.76 Å². The van der Waals surface area contributed by atoms with Crippen molar-refractivity contribution in [2.75, 3.05) is 0 Å². The highest BCUT2D eigenvalue weighted by Gasteiger charge is 2.56. The maximum absolute atomic E-state index is 6.18. The van der Waals surface area contributed by atoms with Gasteiger partial charge < -0.3 is 10.2 Å². The fourth-order valence-electron chi connectivity index (χ4n) is 2.15. The summed E-state index contributed by atoms with van der Waals surface area (Å²) in [5, 5.41) is 0. The molecular formula is C11H17NO. The van der Waals surface area contributed by atoms with Crippen molar-refractivity contribution in [3.63, 3.8) is 0 Å². The van der Waals surface area contributed by atoms with Crippen LogP contribution in [0.4, 0.5) is 0 Å². The Labute approximate surface area is 79.1 Å². The first-order chi connectivity index (χ1) is 5.97. The van der Waals surface area contributed by atoms with Crippen LogP contribution in [0.2, 0.25) is 0 Å². The lowest BCUT2D eigenvalue weighted by atomic mass is 9.82. The van der Waals surface area contributed by atoms with Crippen molar-refractivity contribution in [2.45, 2.75) is 44.6 Å². The average molecular weight is 179 g/mol. The SMILES string of the molecule is Cc1ccoc1C1(C(C)(C)N)CC1. The number of furan rings is 1. The monoisotopic (exact) mass is 179 g/mol. The Morgan fingerprint density at radius 3 is 2.38 bits per heavy atom. The van der Waals surface area contributed by atoms with Gasteiger partial charge in [0, 0.05) is 11.0 Å².